The number of aliphatic hydroxyl groups is 3. The van der Waals surface area contributed by atoms with E-state index in [0.29, 0.717) is 6.42 Å². The Labute approximate surface area is 176 Å². The molecule has 0 aromatic rings. The number of aliphatic carboxylic acids is 3. The Bertz CT molecular complexity index is 485. The number of nitrogens with zero attached hydrogens (tertiary/aromatic N) is 2. The van der Waals surface area contributed by atoms with E-state index in [1.54, 1.807) is 13.8 Å². The summed E-state index contributed by atoms with van der Waals surface area (Å²) in [4.78, 5) is 33.3. The number of aliphatic hydroxyl groups excluding tert-OH is 3. The smallest absolute Gasteiger partial charge is 0.327 e. The SMILES string of the molecule is C=CC(=O)O.CC(C(=O)O)N1CC1.CC(C(=O)O)N1CC1.CCC(CO)(CO)CO. The van der Waals surface area contributed by atoms with Crippen LogP contribution in [0.2, 0.25) is 0 Å². The normalized spacial score (nSPS) is 16.7. The molecule has 0 aliphatic carbocycles. The first kappa shape index (κ1) is 30.1. The van der Waals surface area contributed by atoms with Gasteiger partial charge >= 0.3 is 17.9 Å². The number of hydrogen-bond donors (Lipinski definition) is 6. The van der Waals surface area contributed by atoms with Crippen molar-refractivity contribution in [2.24, 2.45) is 5.41 Å². The van der Waals surface area contributed by atoms with E-state index in [2.05, 4.69) is 6.58 Å². The first-order chi connectivity index (χ1) is 13.9. The summed E-state index contributed by atoms with van der Waals surface area (Å²) < 4.78 is 0. The van der Waals surface area contributed by atoms with Crippen LogP contribution in [-0.2, 0) is 14.4 Å². The minimum atomic E-state index is -0.981. The highest BCUT2D eigenvalue weighted by molar-refractivity contribution is 5.78. The molecule has 0 bridgehead atoms. The zero-order valence-corrected chi connectivity index (χ0v) is 17.9. The molecule has 2 fully saturated rings. The summed E-state index contributed by atoms with van der Waals surface area (Å²) in [6.45, 7) is 11.5. The molecule has 0 aromatic heterocycles. The second-order valence-corrected chi connectivity index (χ2v) is 6.97. The molecule has 0 radical (unpaired) electrons. The molecule has 2 unspecified atom stereocenters. The lowest BCUT2D eigenvalue weighted by Gasteiger charge is -2.24. The van der Waals surface area contributed by atoms with Gasteiger partial charge < -0.3 is 30.6 Å². The molecule has 0 saturated carbocycles. The van der Waals surface area contributed by atoms with Crippen LogP contribution in [0.4, 0.5) is 0 Å². The Morgan fingerprint density at radius 2 is 1.13 bits per heavy atom. The minimum absolute atomic E-state index is 0.156. The molecule has 0 amide bonds. The van der Waals surface area contributed by atoms with Crippen molar-refractivity contribution in [2.75, 3.05) is 46.0 Å². The third-order valence-corrected chi connectivity index (χ3v) is 4.70. The highest BCUT2D eigenvalue weighted by Gasteiger charge is 2.29. The fourth-order valence-electron chi connectivity index (χ4n) is 1.69. The van der Waals surface area contributed by atoms with Crippen molar-refractivity contribution in [2.45, 2.75) is 39.3 Å². The van der Waals surface area contributed by atoms with Gasteiger partial charge in [-0.1, -0.05) is 13.5 Å². The Hall–Kier alpha value is -2.05. The molecule has 2 aliphatic heterocycles. The maximum atomic E-state index is 10.1. The highest BCUT2D eigenvalue weighted by Crippen LogP contribution is 2.18. The lowest BCUT2D eigenvalue weighted by atomic mass is 9.88. The van der Waals surface area contributed by atoms with Crippen molar-refractivity contribution < 1.29 is 45.0 Å². The molecule has 2 atom stereocenters. The van der Waals surface area contributed by atoms with Crippen LogP contribution in [-0.4, -0.2) is 116 Å². The van der Waals surface area contributed by atoms with Gasteiger partial charge in [0.25, 0.3) is 0 Å². The van der Waals surface area contributed by atoms with Crippen LogP contribution in [0.1, 0.15) is 27.2 Å². The van der Waals surface area contributed by atoms with Crippen molar-refractivity contribution in [1.29, 1.82) is 0 Å². The van der Waals surface area contributed by atoms with Gasteiger partial charge in [0.2, 0.25) is 0 Å². The number of rotatable bonds is 9. The maximum absolute atomic E-state index is 10.1. The van der Waals surface area contributed by atoms with Gasteiger partial charge in [-0.05, 0) is 20.3 Å². The zero-order chi connectivity index (χ0) is 23.9. The van der Waals surface area contributed by atoms with Crippen molar-refractivity contribution >= 4 is 17.9 Å². The fourth-order valence-corrected chi connectivity index (χ4v) is 1.69. The van der Waals surface area contributed by atoms with E-state index in [4.69, 9.17) is 30.6 Å². The van der Waals surface area contributed by atoms with Gasteiger partial charge in [0.05, 0.1) is 19.8 Å². The molecule has 2 rings (SSSR count). The number of carboxylic acid groups (broad SMARTS) is 3. The topological polar surface area (TPSA) is 179 Å². The Morgan fingerprint density at radius 3 is 1.17 bits per heavy atom. The van der Waals surface area contributed by atoms with Gasteiger partial charge in [-0.15, -0.1) is 0 Å². The van der Waals surface area contributed by atoms with Crippen molar-refractivity contribution in [1.82, 2.24) is 9.80 Å². The van der Waals surface area contributed by atoms with E-state index in [9.17, 15) is 14.4 Å². The van der Waals surface area contributed by atoms with Crippen LogP contribution in [0, 0.1) is 5.41 Å². The van der Waals surface area contributed by atoms with E-state index in [1.807, 2.05) is 16.7 Å². The first-order valence-electron chi connectivity index (χ1n) is 9.56. The monoisotopic (exact) mass is 436 g/mol. The van der Waals surface area contributed by atoms with Crippen LogP contribution in [0.25, 0.3) is 0 Å². The van der Waals surface area contributed by atoms with E-state index in [1.165, 1.54) is 0 Å². The molecule has 11 nitrogen and oxygen atoms in total. The number of hydrogen-bond acceptors (Lipinski definition) is 8. The summed E-state index contributed by atoms with van der Waals surface area (Å²) in [6, 6.07) is -0.537. The fraction of sp³-hybridized carbons (Fsp3) is 0.737. The van der Waals surface area contributed by atoms with Gasteiger partial charge in [0, 0.05) is 37.7 Å². The lowest BCUT2D eigenvalue weighted by molar-refractivity contribution is -0.141. The molecular weight excluding hydrogens is 400 g/mol. The molecule has 2 heterocycles. The largest absolute Gasteiger partial charge is 0.480 e. The number of carboxylic acids is 3. The van der Waals surface area contributed by atoms with E-state index in [-0.39, 0.29) is 31.9 Å². The van der Waals surface area contributed by atoms with Gasteiger partial charge in [0.1, 0.15) is 12.1 Å². The van der Waals surface area contributed by atoms with Crippen molar-refractivity contribution in [3.05, 3.63) is 12.7 Å². The van der Waals surface area contributed by atoms with Gasteiger partial charge in [-0.2, -0.15) is 0 Å². The molecule has 30 heavy (non-hydrogen) atoms. The second-order valence-electron chi connectivity index (χ2n) is 6.97. The quantitative estimate of drug-likeness (QED) is 0.196. The number of carbonyl (C=O) groups is 3. The van der Waals surface area contributed by atoms with E-state index in [0.717, 1.165) is 32.3 Å². The summed E-state index contributed by atoms with van der Waals surface area (Å²) >= 11 is 0. The Balaban J connectivity index is 0. The van der Waals surface area contributed by atoms with Gasteiger partial charge in [-0.25, -0.2) is 4.79 Å². The predicted molar refractivity (Wildman–Crippen MR) is 109 cm³/mol. The van der Waals surface area contributed by atoms with Gasteiger partial charge in [0.15, 0.2) is 0 Å². The molecule has 2 saturated heterocycles. The Kier molecular flexibility index (Phi) is 15.8. The minimum Gasteiger partial charge on any atom is -0.480 e. The molecule has 0 spiro atoms. The summed E-state index contributed by atoms with van der Waals surface area (Å²) in [5.74, 6) is -2.42. The summed E-state index contributed by atoms with van der Waals surface area (Å²) in [5, 5.41) is 50.3. The van der Waals surface area contributed by atoms with Crippen LogP contribution < -0.4 is 0 Å². The highest BCUT2D eigenvalue weighted by atomic mass is 16.4. The van der Waals surface area contributed by atoms with Crippen LogP contribution in [0.5, 0.6) is 0 Å². The third kappa shape index (κ3) is 14.0. The lowest BCUT2D eigenvalue weighted by Crippen LogP contribution is -2.32. The molecule has 11 heteroatoms. The first-order valence-corrected chi connectivity index (χ1v) is 9.56. The second kappa shape index (κ2) is 15.7. The molecule has 2 aliphatic rings. The standard InChI is InChI=1S/C6H14O3.2C5H9NO2.C3H4O2/c1-2-6(3-7,4-8)5-9;2*1-4(5(7)8)6-2-3-6;1-2-3(4)5/h7-9H,2-5H2,1H3;2*4H,2-3H2,1H3,(H,7,8);2H,1H2,(H,4,5). The van der Waals surface area contributed by atoms with E-state index < -0.39 is 23.3 Å². The average Bonchev–Trinajstić information content (AvgIpc) is 3.62. The molecule has 176 valence electrons. The zero-order valence-electron chi connectivity index (χ0n) is 17.9. The molecular formula is C19H36N2O9. The van der Waals surface area contributed by atoms with Crippen molar-refractivity contribution in [3.8, 4) is 0 Å². The van der Waals surface area contributed by atoms with Crippen LogP contribution in [0.3, 0.4) is 0 Å². The van der Waals surface area contributed by atoms with E-state index >= 15 is 0 Å². The average molecular weight is 437 g/mol. The van der Waals surface area contributed by atoms with Crippen LogP contribution in [0.15, 0.2) is 12.7 Å². The summed E-state index contributed by atoms with van der Waals surface area (Å²) in [5.41, 5.74) is -0.667. The predicted octanol–water partition coefficient (Wildman–Crippen LogP) is -0.833. The summed E-state index contributed by atoms with van der Waals surface area (Å²) in [6.07, 6.45) is 1.43. The molecule has 0 aromatic carbocycles. The Morgan fingerprint density at radius 1 is 0.867 bits per heavy atom. The van der Waals surface area contributed by atoms with Crippen molar-refractivity contribution in [3.63, 3.8) is 0 Å². The summed E-state index contributed by atoms with van der Waals surface area (Å²) in [7, 11) is 0. The molecule has 6 N–H and O–H groups in total. The van der Waals surface area contributed by atoms with Gasteiger partial charge in [-0.3, -0.25) is 19.4 Å². The third-order valence-electron chi connectivity index (χ3n) is 4.70. The maximum Gasteiger partial charge on any atom is 0.327 e. The van der Waals surface area contributed by atoms with Crippen LogP contribution >= 0.6 is 0 Å².